The number of hydrogen-bond donors (Lipinski definition) is 1. The molecule has 4 rings (SSSR count). The molecule has 0 radical (unpaired) electrons. The summed E-state index contributed by atoms with van der Waals surface area (Å²) in [4.78, 5) is 11.8. The van der Waals surface area contributed by atoms with Gasteiger partial charge in [0.25, 0.3) is 0 Å². The third kappa shape index (κ3) is 2.00. The Hall–Kier alpha value is -0.890. The van der Waals surface area contributed by atoms with Gasteiger partial charge in [0, 0.05) is 12.3 Å². The summed E-state index contributed by atoms with van der Waals surface area (Å²) in [5.41, 5.74) is 1.45. The molecule has 2 saturated carbocycles. The first-order valence-corrected chi connectivity index (χ1v) is 9.51. The number of ketones is 1. The van der Waals surface area contributed by atoms with E-state index in [9.17, 15) is 9.90 Å². The van der Waals surface area contributed by atoms with Gasteiger partial charge in [-0.15, -0.1) is 0 Å². The van der Waals surface area contributed by atoms with Gasteiger partial charge in [0.15, 0.2) is 5.78 Å². The molecule has 23 heavy (non-hydrogen) atoms. The number of allylic oxidation sites excluding steroid dienone is 4. The van der Waals surface area contributed by atoms with Crippen LogP contribution in [0.3, 0.4) is 0 Å². The zero-order valence-electron chi connectivity index (χ0n) is 14.7. The topological polar surface area (TPSA) is 37.3 Å². The molecule has 0 amide bonds. The second-order valence-corrected chi connectivity index (χ2v) is 9.01. The van der Waals surface area contributed by atoms with Gasteiger partial charge >= 0.3 is 0 Å². The van der Waals surface area contributed by atoms with E-state index in [1.165, 1.54) is 24.8 Å². The van der Waals surface area contributed by atoms with Crippen molar-refractivity contribution in [2.45, 2.75) is 65.4 Å². The van der Waals surface area contributed by atoms with Crippen LogP contribution in [0, 0.1) is 34.5 Å². The molecule has 0 aromatic carbocycles. The van der Waals surface area contributed by atoms with Crippen LogP contribution in [0.2, 0.25) is 0 Å². The third-order valence-corrected chi connectivity index (χ3v) is 8.14. The van der Waals surface area contributed by atoms with Gasteiger partial charge in [0.2, 0.25) is 0 Å². The minimum atomic E-state index is -0.236. The first kappa shape index (κ1) is 15.6. The summed E-state index contributed by atoms with van der Waals surface area (Å²) in [6, 6.07) is 0. The van der Waals surface area contributed by atoms with Crippen LogP contribution in [0.15, 0.2) is 23.8 Å². The van der Waals surface area contributed by atoms with Crippen LogP contribution in [-0.2, 0) is 4.79 Å². The minimum absolute atomic E-state index is 0.0155. The van der Waals surface area contributed by atoms with Crippen molar-refractivity contribution < 1.29 is 9.90 Å². The summed E-state index contributed by atoms with van der Waals surface area (Å²) in [5.74, 6) is 2.49. The van der Waals surface area contributed by atoms with E-state index in [-0.39, 0.29) is 17.3 Å². The van der Waals surface area contributed by atoms with Crippen LogP contribution in [0.25, 0.3) is 0 Å². The molecule has 7 atom stereocenters. The Kier molecular flexibility index (Phi) is 3.43. The lowest BCUT2D eigenvalue weighted by Crippen LogP contribution is -2.55. The molecular formula is C21H30O2. The highest BCUT2D eigenvalue weighted by molar-refractivity contribution is 5.92. The maximum absolute atomic E-state index is 11.8. The van der Waals surface area contributed by atoms with Gasteiger partial charge in [0.1, 0.15) is 0 Å². The van der Waals surface area contributed by atoms with Crippen molar-refractivity contribution in [2.75, 3.05) is 0 Å². The molecular weight excluding hydrogens is 284 g/mol. The van der Waals surface area contributed by atoms with Crippen LogP contribution in [0.1, 0.15) is 59.3 Å². The highest BCUT2D eigenvalue weighted by atomic mass is 16.3. The third-order valence-electron chi connectivity index (χ3n) is 8.14. The highest BCUT2D eigenvalue weighted by Gasteiger charge is 2.60. The predicted molar refractivity (Wildman–Crippen MR) is 91.8 cm³/mol. The fourth-order valence-electron chi connectivity index (χ4n) is 6.90. The van der Waals surface area contributed by atoms with Crippen molar-refractivity contribution in [1.29, 1.82) is 0 Å². The molecule has 0 heterocycles. The molecule has 2 fully saturated rings. The number of aliphatic hydroxyl groups is 1. The first-order valence-electron chi connectivity index (χ1n) is 9.51. The SMILES string of the molecule is CC[C@H]1CC[C@H]2[C@@H]3C=CC4=CC(=O)CC[C@]4(C)C3[C@@H](O)C[C@]12C. The van der Waals surface area contributed by atoms with Gasteiger partial charge in [-0.2, -0.15) is 0 Å². The minimum Gasteiger partial charge on any atom is -0.393 e. The van der Waals surface area contributed by atoms with Crippen LogP contribution in [0.4, 0.5) is 0 Å². The molecule has 1 N–H and O–H groups in total. The fourth-order valence-corrected chi connectivity index (χ4v) is 6.90. The lowest BCUT2D eigenvalue weighted by Gasteiger charge is -2.58. The summed E-state index contributed by atoms with van der Waals surface area (Å²) in [6.45, 7) is 7.04. The Bertz CT molecular complexity index is 589. The lowest BCUT2D eigenvalue weighted by atomic mass is 9.47. The first-order chi connectivity index (χ1) is 10.9. The largest absolute Gasteiger partial charge is 0.393 e. The molecule has 2 heteroatoms. The van der Waals surface area contributed by atoms with E-state index in [2.05, 4.69) is 32.9 Å². The molecule has 0 saturated heterocycles. The Morgan fingerprint density at radius 2 is 2.09 bits per heavy atom. The smallest absolute Gasteiger partial charge is 0.156 e. The van der Waals surface area contributed by atoms with E-state index in [0.29, 0.717) is 29.6 Å². The summed E-state index contributed by atoms with van der Waals surface area (Å²) in [5, 5.41) is 11.2. The molecule has 2 nitrogen and oxygen atoms in total. The van der Waals surface area contributed by atoms with Crippen LogP contribution >= 0.6 is 0 Å². The predicted octanol–water partition coefficient (Wildman–Crippen LogP) is 4.29. The van der Waals surface area contributed by atoms with Crippen molar-refractivity contribution in [3.63, 3.8) is 0 Å². The summed E-state index contributed by atoms with van der Waals surface area (Å²) in [7, 11) is 0. The molecule has 1 unspecified atom stereocenters. The Labute approximate surface area is 140 Å². The number of fused-ring (bicyclic) bond motifs is 5. The van der Waals surface area contributed by atoms with E-state index in [1.807, 2.05) is 6.08 Å². The maximum Gasteiger partial charge on any atom is 0.156 e. The number of carbonyl (C=O) groups excluding carboxylic acids is 1. The second-order valence-electron chi connectivity index (χ2n) is 9.01. The van der Waals surface area contributed by atoms with Crippen molar-refractivity contribution in [3.05, 3.63) is 23.8 Å². The van der Waals surface area contributed by atoms with Crippen molar-refractivity contribution in [1.82, 2.24) is 0 Å². The maximum atomic E-state index is 11.8. The number of rotatable bonds is 1. The normalized spacial score (nSPS) is 51.7. The Balaban J connectivity index is 1.77. The van der Waals surface area contributed by atoms with Crippen LogP contribution in [0.5, 0.6) is 0 Å². The summed E-state index contributed by atoms with van der Waals surface area (Å²) >= 11 is 0. The molecule has 0 bridgehead atoms. The van der Waals surface area contributed by atoms with Crippen LogP contribution in [-0.4, -0.2) is 17.0 Å². The van der Waals surface area contributed by atoms with Crippen molar-refractivity contribution >= 4 is 5.78 Å². The number of hydrogen-bond acceptors (Lipinski definition) is 2. The molecule has 0 spiro atoms. The van der Waals surface area contributed by atoms with E-state index >= 15 is 0 Å². The molecule has 126 valence electrons. The van der Waals surface area contributed by atoms with Gasteiger partial charge < -0.3 is 5.11 Å². The van der Waals surface area contributed by atoms with Gasteiger partial charge in [-0.3, -0.25) is 4.79 Å². The van der Waals surface area contributed by atoms with Crippen molar-refractivity contribution in [2.24, 2.45) is 34.5 Å². The molecule has 0 aromatic rings. The van der Waals surface area contributed by atoms with Crippen molar-refractivity contribution in [3.8, 4) is 0 Å². The second kappa shape index (κ2) is 5.05. The quantitative estimate of drug-likeness (QED) is 0.784. The average Bonchev–Trinajstić information content (AvgIpc) is 2.83. The lowest BCUT2D eigenvalue weighted by molar-refractivity contribution is -0.121. The Morgan fingerprint density at radius 3 is 2.83 bits per heavy atom. The molecule has 0 aromatic heterocycles. The zero-order chi connectivity index (χ0) is 16.4. The zero-order valence-corrected chi connectivity index (χ0v) is 14.7. The summed E-state index contributed by atoms with van der Waals surface area (Å²) in [6.07, 6.45) is 12.5. The number of carbonyl (C=O) groups is 1. The standard InChI is InChI=1S/C21H30O2/c1-4-13-6-8-17-16-7-5-14-11-15(22)9-10-20(14,2)19(16)18(23)12-21(13,17)3/h5,7,11,13,16-19,23H,4,6,8-10,12H2,1-3H3/t13-,16-,17-,18-,19?,20-,21+/m0/s1. The number of aliphatic hydroxyl groups excluding tert-OH is 1. The summed E-state index contributed by atoms with van der Waals surface area (Å²) < 4.78 is 0. The average molecular weight is 314 g/mol. The molecule has 4 aliphatic carbocycles. The van der Waals surface area contributed by atoms with E-state index in [1.54, 1.807) is 0 Å². The van der Waals surface area contributed by atoms with Gasteiger partial charge in [-0.25, -0.2) is 0 Å². The van der Waals surface area contributed by atoms with Gasteiger partial charge in [-0.1, -0.05) is 39.3 Å². The monoisotopic (exact) mass is 314 g/mol. The molecule has 4 aliphatic rings. The van der Waals surface area contributed by atoms with E-state index < -0.39 is 0 Å². The Morgan fingerprint density at radius 1 is 1.30 bits per heavy atom. The van der Waals surface area contributed by atoms with Gasteiger partial charge in [0.05, 0.1) is 6.10 Å². The fraction of sp³-hybridized carbons (Fsp3) is 0.762. The van der Waals surface area contributed by atoms with Gasteiger partial charge in [-0.05, 0) is 65.9 Å². The highest BCUT2D eigenvalue weighted by Crippen LogP contribution is 2.65. The molecule has 0 aliphatic heterocycles. The van der Waals surface area contributed by atoms with Crippen LogP contribution < -0.4 is 0 Å². The van der Waals surface area contributed by atoms with E-state index in [0.717, 1.165) is 18.8 Å². The van der Waals surface area contributed by atoms with E-state index in [4.69, 9.17) is 0 Å².